The van der Waals surface area contributed by atoms with E-state index in [9.17, 15) is 13.2 Å². The average Bonchev–Trinajstić information content (AvgIpc) is 2.77. The summed E-state index contributed by atoms with van der Waals surface area (Å²) in [5.74, 6) is -0.164. The first-order valence-corrected chi connectivity index (χ1v) is 11.8. The molecule has 0 aromatic heterocycles. The highest BCUT2D eigenvalue weighted by atomic mass is 35.5. The summed E-state index contributed by atoms with van der Waals surface area (Å²) in [4.78, 5) is 12.9. The van der Waals surface area contributed by atoms with E-state index in [4.69, 9.17) is 16.3 Å². The maximum atomic E-state index is 13.5. The lowest BCUT2D eigenvalue weighted by Gasteiger charge is -2.26. The highest BCUT2D eigenvalue weighted by molar-refractivity contribution is 7.92. The van der Waals surface area contributed by atoms with Crippen LogP contribution in [0.1, 0.15) is 16.7 Å². The van der Waals surface area contributed by atoms with Gasteiger partial charge in [-0.2, -0.15) is 0 Å². The topological polar surface area (TPSA) is 75.7 Å². The number of hydrogen-bond donors (Lipinski definition) is 1. The van der Waals surface area contributed by atoms with Gasteiger partial charge in [-0.05, 0) is 55.3 Å². The van der Waals surface area contributed by atoms with E-state index in [1.807, 2.05) is 38.1 Å². The van der Waals surface area contributed by atoms with Crippen molar-refractivity contribution >= 4 is 33.2 Å². The second-order valence-corrected chi connectivity index (χ2v) is 9.64. The molecule has 8 heteroatoms. The second kappa shape index (κ2) is 10.1. The molecule has 0 fully saturated rings. The molecule has 0 aliphatic heterocycles. The van der Waals surface area contributed by atoms with Crippen molar-refractivity contribution in [3.63, 3.8) is 0 Å². The number of aryl methyl sites for hydroxylation is 2. The number of hydrogen-bond acceptors (Lipinski definition) is 4. The zero-order valence-corrected chi connectivity index (χ0v) is 19.7. The Morgan fingerprint density at radius 1 is 1.03 bits per heavy atom. The molecule has 3 aromatic carbocycles. The lowest BCUT2D eigenvalue weighted by Crippen LogP contribution is -2.41. The predicted molar refractivity (Wildman–Crippen MR) is 127 cm³/mol. The van der Waals surface area contributed by atoms with Crippen molar-refractivity contribution in [1.82, 2.24) is 5.32 Å². The maximum Gasteiger partial charge on any atom is 0.264 e. The van der Waals surface area contributed by atoms with Gasteiger partial charge in [0.25, 0.3) is 10.0 Å². The van der Waals surface area contributed by atoms with Crippen LogP contribution >= 0.6 is 11.6 Å². The molecule has 0 heterocycles. The van der Waals surface area contributed by atoms with Crippen molar-refractivity contribution in [3.8, 4) is 5.75 Å². The molecule has 0 saturated heterocycles. The van der Waals surface area contributed by atoms with Crippen molar-refractivity contribution in [3.05, 3.63) is 88.4 Å². The van der Waals surface area contributed by atoms with Gasteiger partial charge < -0.3 is 10.1 Å². The number of benzene rings is 3. The van der Waals surface area contributed by atoms with Crippen molar-refractivity contribution in [1.29, 1.82) is 0 Å². The van der Waals surface area contributed by atoms with Gasteiger partial charge in [-0.25, -0.2) is 8.42 Å². The van der Waals surface area contributed by atoms with Gasteiger partial charge in [-0.15, -0.1) is 0 Å². The van der Waals surface area contributed by atoms with Gasteiger partial charge >= 0.3 is 0 Å². The minimum atomic E-state index is -4.07. The van der Waals surface area contributed by atoms with Crippen molar-refractivity contribution in [2.45, 2.75) is 25.3 Å². The number of amides is 1. The summed E-state index contributed by atoms with van der Waals surface area (Å²) in [6, 6.07) is 18.8. The fourth-order valence-corrected chi connectivity index (χ4v) is 4.77. The zero-order valence-electron chi connectivity index (χ0n) is 18.1. The molecule has 168 valence electrons. The Bertz CT molecular complexity index is 1210. The summed E-state index contributed by atoms with van der Waals surface area (Å²) in [6.07, 6.45) is 0. The summed E-state index contributed by atoms with van der Waals surface area (Å²) in [6.45, 7) is 3.68. The molecule has 3 rings (SSSR count). The summed E-state index contributed by atoms with van der Waals surface area (Å²) in [7, 11) is -2.64. The standard InChI is InChI=1S/C24H25ClN2O4S/c1-17-8-11-21(12-9-17)32(29,30)27(22-14-20(25)10-13-23(22)31-3)16-24(28)26-15-19-7-5-4-6-18(19)2/h4-14H,15-16H2,1-3H3,(H,26,28). The number of ether oxygens (including phenoxy) is 1. The van der Waals surface area contributed by atoms with Crippen LogP contribution in [0.25, 0.3) is 0 Å². The quantitative estimate of drug-likeness (QED) is 0.524. The molecule has 32 heavy (non-hydrogen) atoms. The van der Waals surface area contributed by atoms with Crippen LogP contribution in [0.2, 0.25) is 5.02 Å². The number of carbonyl (C=O) groups is 1. The molecule has 0 aliphatic carbocycles. The lowest BCUT2D eigenvalue weighted by molar-refractivity contribution is -0.119. The molecular weight excluding hydrogens is 448 g/mol. The van der Waals surface area contributed by atoms with Crippen LogP contribution in [0.3, 0.4) is 0 Å². The van der Waals surface area contributed by atoms with E-state index in [2.05, 4.69) is 5.32 Å². The predicted octanol–water partition coefficient (Wildman–Crippen LogP) is 4.48. The Kier molecular flexibility index (Phi) is 7.43. The molecule has 0 saturated carbocycles. The summed E-state index contributed by atoms with van der Waals surface area (Å²) >= 11 is 6.15. The van der Waals surface area contributed by atoms with Crippen molar-refractivity contribution < 1.29 is 17.9 Å². The van der Waals surface area contributed by atoms with Crippen LogP contribution in [-0.4, -0.2) is 28.0 Å². The summed E-state index contributed by atoms with van der Waals surface area (Å²) < 4.78 is 33.5. The SMILES string of the molecule is COc1ccc(Cl)cc1N(CC(=O)NCc1ccccc1C)S(=O)(=O)c1ccc(C)cc1. The van der Waals surface area contributed by atoms with Crippen molar-refractivity contribution in [2.24, 2.45) is 0 Å². The Hall–Kier alpha value is -3.03. The molecule has 0 aliphatic rings. The van der Waals surface area contributed by atoms with E-state index in [1.54, 1.807) is 24.3 Å². The van der Waals surface area contributed by atoms with Gasteiger partial charge in [0.1, 0.15) is 12.3 Å². The zero-order chi connectivity index (χ0) is 23.3. The molecule has 0 atom stereocenters. The van der Waals surface area contributed by atoms with Gasteiger partial charge in [-0.1, -0.05) is 53.6 Å². The summed E-state index contributed by atoms with van der Waals surface area (Å²) in [5, 5.41) is 3.13. The first-order valence-electron chi connectivity index (χ1n) is 9.96. The third kappa shape index (κ3) is 5.41. The smallest absolute Gasteiger partial charge is 0.264 e. The Morgan fingerprint density at radius 2 is 1.72 bits per heavy atom. The molecule has 6 nitrogen and oxygen atoms in total. The third-order valence-corrected chi connectivity index (χ3v) is 7.05. The lowest BCUT2D eigenvalue weighted by atomic mass is 10.1. The number of methoxy groups -OCH3 is 1. The average molecular weight is 473 g/mol. The van der Waals surface area contributed by atoms with Crippen LogP contribution in [-0.2, 0) is 21.4 Å². The number of anilines is 1. The molecule has 1 amide bonds. The minimum Gasteiger partial charge on any atom is -0.495 e. The van der Waals surface area contributed by atoms with Crippen molar-refractivity contribution in [2.75, 3.05) is 18.0 Å². The van der Waals surface area contributed by atoms with Gasteiger partial charge in [0.05, 0.1) is 17.7 Å². The monoisotopic (exact) mass is 472 g/mol. The van der Waals surface area contributed by atoms with E-state index in [-0.39, 0.29) is 22.9 Å². The molecular formula is C24H25ClN2O4S. The number of carbonyl (C=O) groups excluding carboxylic acids is 1. The Labute approximate surface area is 193 Å². The van der Waals surface area contributed by atoms with E-state index < -0.39 is 22.5 Å². The van der Waals surface area contributed by atoms with Gasteiger partial charge in [0.2, 0.25) is 5.91 Å². The van der Waals surface area contributed by atoms with E-state index >= 15 is 0 Å². The first kappa shape index (κ1) is 23.6. The fraction of sp³-hybridized carbons (Fsp3) is 0.208. The Morgan fingerprint density at radius 3 is 2.38 bits per heavy atom. The molecule has 3 aromatic rings. The normalized spacial score (nSPS) is 11.1. The van der Waals surface area contributed by atoms with E-state index in [0.717, 1.165) is 21.0 Å². The summed E-state index contributed by atoms with van der Waals surface area (Å²) in [5.41, 5.74) is 3.10. The second-order valence-electron chi connectivity index (χ2n) is 7.34. The van der Waals surface area contributed by atoms with Crippen LogP contribution < -0.4 is 14.4 Å². The van der Waals surface area contributed by atoms with Gasteiger partial charge in [0.15, 0.2) is 0 Å². The molecule has 0 bridgehead atoms. The highest BCUT2D eigenvalue weighted by Gasteiger charge is 2.29. The van der Waals surface area contributed by atoms with E-state index in [0.29, 0.717) is 5.02 Å². The molecule has 0 radical (unpaired) electrons. The molecule has 0 unspecified atom stereocenters. The molecule has 0 spiro atoms. The fourth-order valence-electron chi connectivity index (χ4n) is 3.18. The van der Waals surface area contributed by atoms with Gasteiger partial charge in [0, 0.05) is 11.6 Å². The third-order valence-electron chi connectivity index (χ3n) is 5.04. The number of sulfonamides is 1. The number of nitrogens with one attached hydrogen (secondary N) is 1. The van der Waals surface area contributed by atoms with Crippen LogP contribution in [0, 0.1) is 13.8 Å². The van der Waals surface area contributed by atoms with Crippen LogP contribution in [0.4, 0.5) is 5.69 Å². The van der Waals surface area contributed by atoms with Crippen LogP contribution in [0.5, 0.6) is 5.75 Å². The largest absolute Gasteiger partial charge is 0.495 e. The molecule has 1 N–H and O–H groups in total. The first-order chi connectivity index (χ1) is 15.2. The van der Waals surface area contributed by atoms with Crippen LogP contribution in [0.15, 0.2) is 71.6 Å². The Balaban J connectivity index is 1.95. The minimum absolute atomic E-state index is 0.0665. The number of rotatable bonds is 8. The number of halogens is 1. The highest BCUT2D eigenvalue weighted by Crippen LogP contribution is 2.34. The maximum absolute atomic E-state index is 13.5. The van der Waals surface area contributed by atoms with E-state index in [1.165, 1.54) is 25.3 Å². The number of nitrogens with zero attached hydrogens (tertiary/aromatic N) is 1. The van der Waals surface area contributed by atoms with Gasteiger partial charge in [-0.3, -0.25) is 9.10 Å².